The molecular formula is C10H14N2O3. The molecule has 1 atom stereocenters. The molecule has 0 heterocycles. The summed E-state index contributed by atoms with van der Waals surface area (Å²) in [5, 5.41) is 8.85. The molecule has 0 aliphatic carbocycles. The fraction of sp³-hybridized carbons (Fsp3) is 0.300. The van der Waals surface area contributed by atoms with Crippen LogP contribution in [-0.2, 0) is 0 Å². The van der Waals surface area contributed by atoms with E-state index in [0.717, 1.165) is 5.56 Å². The minimum atomic E-state index is -1.03. The van der Waals surface area contributed by atoms with Crippen molar-refractivity contribution in [2.75, 3.05) is 13.7 Å². The quantitative estimate of drug-likeness (QED) is 0.666. The van der Waals surface area contributed by atoms with Crippen molar-refractivity contribution in [3.05, 3.63) is 29.3 Å². The molecule has 0 unspecified atom stereocenters. The number of rotatable bonds is 4. The van der Waals surface area contributed by atoms with Gasteiger partial charge in [-0.3, -0.25) is 0 Å². The van der Waals surface area contributed by atoms with Gasteiger partial charge >= 0.3 is 5.97 Å². The van der Waals surface area contributed by atoms with E-state index in [1.807, 2.05) is 0 Å². The SMILES string of the molecule is COc1cc([C@@H](N)CN)ccc1C(=O)O. The molecule has 1 aromatic carbocycles. The Kier molecular flexibility index (Phi) is 3.65. The molecule has 5 N–H and O–H groups in total. The molecular weight excluding hydrogens is 196 g/mol. The van der Waals surface area contributed by atoms with Crippen LogP contribution in [0, 0.1) is 0 Å². The van der Waals surface area contributed by atoms with Gasteiger partial charge in [-0.1, -0.05) is 6.07 Å². The zero-order chi connectivity index (χ0) is 11.4. The molecule has 0 fully saturated rings. The zero-order valence-electron chi connectivity index (χ0n) is 8.43. The molecule has 5 nitrogen and oxygen atoms in total. The molecule has 82 valence electrons. The highest BCUT2D eigenvalue weighted by atomic mass is 16.5. The second-order valence-electron chi connectivity index (χ2n) is 3.11. The summed E-state index contributed by atoms with van der Waals surface area (Å²) in [6.45, 7) is 0.301. The number of aromatic carboxylic acids is 1. The average Bonchev–Trinajstić information content (AvgIpc) is 2.26. The maximum absolute atomic E-state index is 10.8. The minimum Gasteiger partial charge on any atom is -0.496 e. The first-order chi connectivity index (χ1) is 7.10. The molecule has 0 amide bonds. The fourth-order valence-corrected chi connectivity index (χ4v) is 1.25. The first-order valence-corrected chi connectivity index (χ1v) is 4.47. The van der Waals surface area contributed by atoms with Gasteiger partial charge in [-0.2, -0.15) is 0 Å². The van der Waals surface area contributed by atoms with Crippen molar-refractivity contribution in [2.45, 2.75) is 6.04 Å². The Morgan fingerprint density at radius 3 is 2.73 bits per heavy atom. The summed E-state index contributed by atoms with van der Waals surface area (Å²) in [5.41, 5.74) is 12.0. The first kappa shape index (κ1) is 11.5. The van der Waals surface area contributed by atoms with Crippen molar-refractivity contribution in [3.8, 4) is 5.75 Å². The standard InChI is InChI=1S/C10H14N2O3/c1-15-9-4-6(8(12)5-11)2-3-7(9)10(13)14/h2-4,8H,5,11-12H2,1H3,(H,13,14)/t8-/m0/s1. The Labute approximate surface area is 87.6 Å². The van der Waals surface area contributed by atoms with Crippen molar-refractivity contribution in [2.24, 2.45) is 11.5 Å². The lowest BCUT2D eigenvalue weighted by molar-refractivity contribution is 0.0693. The predicted molar refractivity (Wildman–Crippen MR) is 55.9 cm³/mol. The smallest absolute Gasteiger partial charge is 0.339 e. The highest BCUT2D eigenvalue weighted by molar-refractivity contribution is 5.91. The molecule has 0 saturated carbocycles. The molecule has 0 bridgehead atoms. The van der Waals surface area contributed by atoms with Crippen LogP contribution in [-0.4, -0.2) is 24.7 Å². The van der Waals surface area contributed by atoms with Crippen LogP contribution in [0.3, 0.4) is 0 Å². The van der Waals surface area contributed by atoms with Crippen LogP contribution in [0.1, 0.15) is 22.0 Å². The maximum atomic E-state index is 10.8. The minimum absolute atomic E-state index is 0.116. The molecule has 0 radical (unpaired) electrons. The van der Waals surface area contributed by atoms with Crippen molar-refractivity contribution >= 4 is 5.97 Å². The number of hydrogen-bond acceptors (Lipinski definition) is 4. The molecule has 0 saturated heterocycles. The third-order valence-electron chi connectivity index (χ3n) is 2.14. The van der Waals surface area contributed by atoms with Crippen molar-refractivity contribution in [3.63, 3.8) is 0 Å². The normalized spacial score (nSPS) is 12.2. The van der Waals surface area contributed by atoms with Crippen LogP contribution in [0.4, 0.5) is 0 Å². The lowest BCUT2D eigenvalue weighted by Gasteiger charge is -2.12. The van der Waals surface area contributed by atoms with Gasteiger partial charge in [0.05, 0.1) is 7.11 Å². The average molecular weight is 210 g/mol. The summed E-state index contributed by atoms with van der Waals surface area (Å²) in [6, 6.07) is 4.40. The van der Waals surface area contributed by atoms with Crippen LogP contribution in [0.5, 0.6) is 5.75 Å². The number of methoxy groups -OCH3 is 1. The maximum Gasteiger partial charge on any atom is 0.339 e. The number of ether oxygens (including phenoxy) is 1. The second kappa shape index (κ2) is 4.77. The summed E-state index contributed by atoms with van der Waals surface area (Å²) >= 11 is 0. The number of carboxylic acids is 1. The van der Waals surface area contributed by atoms with E-state index in [1.54, 1.807) is 12.1 Å². The summed E-state index contributed by atoms with van der Waals surface area (Å²) in [4.78, 5) is 10.8. The number of carboxylic acid groups (broad SMARTS) is 1. The lowest BCUT2D eigenvalue weighted by atomic mass is 10.0. The van der Waals surface area contributed by atoms with Gasteiger partial charge in [-0.05, 0) is 17.7 Å². The van der Waals surface area contributed by atoms with E-state index in [9.17, 15) is 4.79 Å². The fourth-order valence-electron chi connectivity index (χ4n) is 1.25. The van der Waals surface area contributed by atoms with E-state index in [0.29, 0.717) is 12.3 Å². The lowest BCUT2D eigenvalue weighted by Crippen LogP contribution is -2.20. The van der Waals surface area contributed by atoms with Gasteiger partial charge in [0.25, 0.3) is 0 Å². The molecule has 15 heavy (non-hydrogen) atoms. The van der Waals surface area contributed by atoms with Crippen molar-refractivity contribution < 1.29 is 14.6 Å². The van der Waals surface area contributed by atoms with Gasteiger partial charge in [0.1, 0.15) is 11.3 Å². The largest absolute Gasteiger partial charge is 0.496 e. The van der Waals surface area contributed by atoms with Crippen molar-refractivity contribution in [1.29, 1.82) is 0 Å². The van der Waals surface area contributed by atoms with Crippen LogP contribution < -0.4 is 16.2 Å². The van der Waals surface area contributed by atoms with E-state index >= 15 is 0 Å². The predicted octanol–water partition coefficient (Wildman–Crippen LogP) is 0.352. The highest BCUT2D eigenvalue weighted by Crippen LogP contribution is 2.22. The van der Waals surface area contributed by atoms with Crippen LogP contribution in [0.25, 0.3) is 0 Å². The highest BCUT2D eigenvalue weighted by Gasteiger charge is 2.13. The Balaban J connectivity index is 3.13. The van der Waals surface area contributed by atoms with E-state index < -0.39 is 5.97 Å². The van der Waals surface area contributed by atoms with Gasteiger partial charge in [0.2, 0.25) is 0 Å². The van der Waals surface area contributed by atoms with E-state index in [2.05, 4.69) is 0 Å². The monoisotopic (exact) mass is 210 g/mol. The number of hydrogen-bond donors (Lipinski definition) is 3. The molecule has 0 spiro atoms. The Bertz CT molecular complexity index is 366. The van der Waals surface area contributed by atoms with Gasteiger partial charge in [-0.25, -0.2) is 4.79 Å². The Morgan fingerprint density at radius 1 is 1.60 bits per heavy atom. The third-order valence-corrected chi connectivity index (χ3v) is 2.14. The summed E-state index contributed by atoms with van der Waals surface area (Å²) in [5.74, 6) is -0.733. The Hall–Kier alpha value is -1.59. The van der Waals surface area contributed by atoms with E-state index in [4.69, 9.17) is 21.3 Å². The molecule has 1 rings (SSSR count). The van der Waals surface area contributed by atoms with Crippen LogP contribution in [0.2, 0.25) is 0 Å². The molecule has 0 aliphatic heterocycles. The topological polar surface area (TPSA) is 98.6 Å². The first-order valence-electron chi connectivity index (χ1n) is 4.47. The number of benzene rings is 1. The van der Waals surface area contributed by atoms with Gasteiger partial charge in [0.15, 0.2) is 0 Å². The van der Waals surface area contributed by atoms with Crippen LogP contribution >= 0.6 is 0 Å². The van der Waals surface area contributed by atoms with Crippen molar-refractivity contribution in [1.82, 2.24) is 0 Å². The van der Waals surface area contributed by atoms with E-state index in [1.165, 1.54) is 13.2 Å². The Morgan fingerprint density at radius 2 is 2.27 bits per heavy atom. The summed E-state index contributed by atoms with van der Waals surface area (Å²) in [7, 11) is 1.42. The van der Waals surface area contributed by atoms with E-state index in [-0.39, 0.29) is 11.6 Å². The zero-order valence-corrected chi connectivity index (χ0v) is 8.43. The number of nitrogens with two attached hydrogens (primary N) is 2. The number of carbonyl (C=O) groups is 1. The molecule has 0 aliphatic rings. The molecule has 1 aromatic rings. The summed E-state index contributed by atoms with van der Waals surface area (Å²) < 4.78 is 4.96. The van der Waals surface area contributed by atoms with Crippen LogP contribution in [0.15, 0.2) is 18.2 Å². The van der Waals surface area contributed by atoms with Gasteiger partial charge in [0, 0.05) is 12.6 Å². The third kappa shape index (κ3) is 2.45. The summed E-state index contributed by atoms with van der Waals surface area (Å²) in [6.07, 6.45) is 0. The second-order valence-corrected chi connectivity index (χ2v) is 3.11. The molecule has 0 aromatic heterocycles. The molecule has 5 heteroatoms. The van der Waals surface area contributed by atoms with Gasteiger partial charge < -0.3 is 21.3 Å². The van der Waals surface area contributed by atoms with Gasteiger partial charge in [-0.15, -0.1) is 0 Å².